The third-order valence-electron chi connectivity index (χ3n) is 4.96. The number of methoxy groups -OCH3 is 1. The highest BCUT2D eigenvalue weighted by Gasteiger charge is 2.16. The monoisotopic (exact) mass is 419 g/mol. The van der Waals surface area contributed by atoms with E-state index in [1.807, 2.05) is 93.0 Å². The van der Waals surface area contributed by atoms with Gasteiger partial charge in [0.25, 0.3) is 0 Å². The lowest BCUT2D eigenvalue weighted by molar-refractivity contribution is 0.243. The van der Waals surface area contributed by atoms with Crippen LogP contribution in [0.15, 0.2) is 78.9 Å². The maximum atomic E-state index is 12.6. The fourth-order valence-corrected chi connectivity index (χ4v) is 3.25. The van der Waals surface area contributed by atoms with Crippen LogP contribution in [0.5, 0.6) is 11.5 Å². The van der Waals surface area contributed by atoms with Crippen LogP contribution >= 0.6 is 0 Å². The summed E-state index contributed by atoms with van der Waals surface area (Å²) in [7, 11) is 5.62. The van der Waals surface area contributed by atoms with Crippen LogP contribution in [0.1, 0.15) is 17.2 Å². The Morgan fingerprint density at radius 2 is 1.65 bits per heavy atom. The van der Waals surface area contributed by atoms with E-state index in [1.54, 1.807) is 7.11 Å². The lowest BCUT2D eigenvalue weighted by Gasteiger charge is -2.25. The van der Waals surface area contributed by atoms with E-state index in [1.165, 1.54) is 0 Å². The number of hydrogen-bond donors (Lipinski definition) is 2. The number of hydrogen-bond acceptors (Lipinski definition) is 4. The zero-order chi connectivity index (χ0) is 22.1. The average Bonchev–Trinajstić information content (AvgIpc) is 2.79. The molecule has 0 saturated heterocycles. The normalized spacial score (nSPS) is 11.6. The van der Waals surface area contributed by atoms with E-state index in [0.29, 0.717) is 13.2 Å². The van der Waals surface area contributed by atoms with E-state index in [9.17, 15) is 4.79 Å². The van der Waals surface area contributed by atoms with Crippen molar-refractivity contribution in [2.75, 3.05) is 33.1 Å². The first kappa shape index (κ1) is 22.2. The summed E-state index contributed by atoms with van der Waals surface area (Å²) < 4.78 is 11.2. The highest BCUT2D eigenvalue weighted by atomic mass is 16.5. The molecule has 0 aliphatic carbocycles. The molecular weight excluding hydrogens is 390 g/mol. The maximum Gasteiger partial charge on any atom is 0.319 e. The summed E-state index contributed by atoms with van der Waals surface area (Å²) >= 11 is 0. The predicted molar refractivity (Wildman–Crippen MR) is 124 cm³/mol. The molecule has 3 aromatic rings. The van der Waals surface area contributed by atoms with Gasteiger partial charge in [-0.1, -0.05) is 48.5 Å². The number of ether oxygens (including phenoxy) is 2. The summed E-state index contributed by atoms with van der Waals surface area (Å²) in [4.78, 5) is 14.7. The molecule has 0 saturated carbocycles. The average molecular weight is 420 g/mol. The lowest BCUT2D eigenvalue weighted by Crippen LogP contribution is -2.37. The molecule has 3 aromatic carbocycles. The second kappa shape index (κ2) is 11.0. The zero-order valence-corrected chi connectivity index (χ0v) is 18.2. The topological polar surface area (TPSA) is 62.8 Å². The molecule has 0 aromatic heterocycles. The molecule has 6 heteroatoms. The van der Waals surface area contributed by atoms with Gasteiger partial charge in [0, 0.05) is 17.8 Å². The fourth-order valence-electron chi connectivity index (χ4n) is 3.25. The summed E-state index contributed by atoms with van der Waals surface area (Å²) in [5.41, 5.74) is 2.69. The van der Waals surface area contributed by atoms with Gasteiger partial charge in [-0.25, -0.2) is 4.79 Å². The number of nitrogens with one attached hydrogen (secondary N) is 2. The van der Waals surface area contributed by atoms with Crippen molar-refractivity contribution in [3.05, 3.63) is 90.0 Å². The van der Waals surface area contributed by atoms with Gasteiger partial charge in [0.15, 0.2) is 0 Å². The Bertz CT molecular complexity index is 977. The number of rotatable bonds is 9. The summed E-state index contributed by atoms with van der Waals surface area (Å²) in [6, 6.07) is 24.9. The number of anilines is 1. The van der Waals surface area contributed by atoms with E-state index in [4.69, 9.17) is 9.47 Å². The molecule has 3 rings (SSSR count). The first-order chi connectivity index (χ1) is 15.1. The van der Waals surface area contributed by atoms with Gasteiger partial charge < -0.3 is 25.0 Å². The van der Waals surface area contributed by atoms with Crippen molar-refractivity contribution in [1.29, 1.82) is 0 Å². The number of carbonyl (C=O) groups excluding carboxylic acids is 1. The molecule has 1 atom stereocenters. The highest BCUT2D eigenvalue weighted by molar-refractivity contribution is 5.90. The molecule has 1 unspecified atom stereocenters. The van der Waals surface area contributed by atoms with Crippen molar-refractivity contribution in [2.24, 2.45) is 0 Å². The van der Waals surface area contributed by atoms with Crippen LogP contribution in [0.25, 0.3) is 0 Å². The smallest absolute Gasteiger partial charge is 0.319 e. The molecule has 0 spiro atoms. The summed E-state index contributed by atoms with van der Waals surface area (Å²) in [6.07, 6.45) is 0. The molecule has 0 aliphatic heterocycles. The van der Waals surface area contributed by atoms with E-state index >= 15 is 0 Å². The largest absolute Gasteiger partial charge is 0.497 e. The van der Waals surface area contributed by atoms with Crippen LogP contribution in [0.4, 0.5) is 10.5 Å². The molecule has 6 nitrogen and oxygen atoms in total. The van der Waals surface area contributed by atoms with Crippen molar-refractivity contribution < 1.29 is 14.3 Å². The van der Waals surface area contributed by atoms with Gasteiger partial charge in [-0.05, 0) is 50.0 Å². The number of carbonyl (C=O) groups is 1. The quantitative estimate of drug-likeness (QED) is 0.528. The molecule has 0 fully saturated rings. The van der Waals surface area contributed by atoms with E-state index in [-0.39, 0.29) is 12.1 Å². The zero-order valence-electron chi connectivity index (χ0n) is 18.2. The van der Waals surface area contributed by atoms with Gasteiger partial charge >= 0.3 is 6.03 Å². The molecule has 0 bridgehead atoms. The summed E-state index contributed by atoms with van der Waals surface area (Å²) in [5.74, 6) is 1.58. The van der Waals surface area contributed by atoms with Crippen LogP contribution in [-0.4, -0.2) is 38.7 Å². The Balaban J connectivity index is 1.61. The van der Waals surface area contributed by atoms with Crippen molar-refractivity contribution in [1.82, 2.24) is 10.2 Å². The molecule has 31 heavy (non-hydrogen) atoms. The molecular formula is C25H29N3O3. The van der Waals surface area contributed by atoms with E-state index in [2.05, 4.69) is 15.5 Å². The lowest BCUT2D eigenvalue weighted by atomic mass is 10.1. The minimum absolute atomic E-state index is 0.0116. The van der Waals surface area contributed by atoms with Gasteiger partial charge in [0.05, 0.1) is 13.2 Å². The highest BCUT2D eigenvalue weighted by Crippen LogP contribution is 2.22. The molecule has 162 valence electrons. The minimum atomic E-state index is -0.262. The van der Waals surface area contributed by atoms with Crippen LogP contribution in [0.2, 0.25) is 0 Å². The first-order valence-corrected chi connectivity index (χ1v) is 10.2. The van der Waals surface area contributed by atoms with Crippen molar-refractivity contribution in [3.8, 4) is 11.5 Å². The van der Waals surface area contributed by atoms with E-state index in [0.717, 1.165) is 28.3 Å². The Kier molecular flexibility index (Phi) is 7.90. The molecule has 0 heterocycles. The number of benzene rings is 3. The first-order valence-electron chi connectivity index (χ1n) is 10.2. The molecule has 0 radical (unpaired) electrons. The third-order valence-corrected chi connectivity index (χ3v) is 4.96. The number of nitrogens with zero attached hydrogens (tertiary/aromatic N) is 1. The molecule has 2 N–H and O–H groups in total. The van der Waals surface area contributed by atoms with Crippen molar-refractivity contribution in [2.45, 2.75) is 12.6 Å². The predicted octanol–water partition coefficient (Wildman–Crippen LogP) is 4.70. The molecule has 0 aliphatic rings. The Hall–Kier alpha value is -3.51. The fraction of sp³-hybridized carbons (Fsp3) is 0.240. The van der Waals surface area contributed by atoms with Crippen molar-refractivity contribution >= 4 is 11.7 Å². The Labute approximate surface area is 183 Å². The standard InChI is InChI=1S/C25H29N3O3/c1-28(2)24(19-11-9-14-22(16-19)30-3)17-26-25(29)27-23-15-8-7-10-20(23)18-31-21-12-5-4-6-13-21/h4-16,24H,17-18H2,1-3H3,(H2,26,27,29). The van der Waals surface area contributed by atoms with Gasteiger partial charge in [-0.2, -0.15) is 0 Å². The second-order valence-electron chi connectivity index (χ2n) is 7.35. The van der Waals surface area contributed by atoms with Crippen LogP contribution < -0.4 is 20.1 Å². The van der Waals surface area contributed by atoms with E-state index < -0.39 is 0 Å². The summed E-state index contributed by atoms with van der Waals surface area (Å²) in [5, 5.41) is 5.92. The number of para-hydroxylation sites is 2. The molecule has 2 amide bonds. The van der Waals surface area contributed by atoms with Crippen LogP contribution in [0.3, 0.4) is 0 Å². The van der Waals surface area contributed by atoms with Crippen molar-refractivity contribution in [3.63, 3.8) is 0 Å². The SMILES string of the molecule is COc1cccc(C(CNC(=O)Nc2ccccc2COc2ccccc2)N(C)C)c1. The number of amides is 2. The second-order valence-corrected chi connectivity index (χ2v) is 7.35. The van der Waals surface area contributed by atoms with Crippen LogP contribution in [0, 0.1) is 0 Å². The Morgan fingerprint density at radius 3 is 2.39 bits per heavy atom. The number of likely N-dealkylation sites (N-methyl/N-ethyl adjacent to an activating group) is 1. The van der Waals surface area contributed by atoms with Gasteiger partial charge in [0.2, 0.25) is 0 Å². The third kappa shape index (κ3) is 6.49. The Morgan fingerprint density at radius 1 is 0.935 bits per heavy atom. The van der Waals surface area contributed by atoms with Gasteiger partial charge in [-0.15, -0.1) is 0 Å². The minimum Gasteiger partial charge on any atom is -0.497 e. The maximum absolute atomic E-state index is 12.6. The van der Waals surface area contributed by atoms with Gasteiger partial charge in [-0.3, -0.25) is 0 Å². The van der Waals surface area contributed by atoms with Crippen LogP contribution in [-0.2, 0) is 6.61 Å². The van der Waals surface area contributed by atoms with Gasteiger partial charge in [0.1, 0.15) is 18.1 Å². The number of urea groups is 1. The summed E-state index contributed by atoms with van der Waals surface area (Å²) in [6.45, 7) is 0.819.